The van der Waals surface area contributed by atoms with E-state index in [1.165, 1.54) is 23.9 Å². The molecule has 0 bridgehead atoms. The summed E-state index contributed by atoms with van der Waals surface area (Å²) in [6, 6.07) is 11.4. The van der Waals surface area contributed by atoms with Crippen LogP contribution in [0.1, 0.15) is 15.9 Å². The van der Waals surface area contributed by atoms with Crippen LogP contribution in [0.4, 0.5) is 5.69 Å². The van der Waals surface area contributed by atoms with Gasteiger partial charge in [0.15, 0.2) is 0 Å². The van der Waals surface area contributed by atoms with Gasteiger partial charge < -0.3 is 5.11 Å². The second-order valence-electron chi connectivity index (χ2n) is 4.14. The third kappa shape index (κ3) is 3.16. The van der Waals surface area contributed by atoms with Crippen molar-refractivity contribution in [2.75, 3.05) is 0 Å². The average molecular weight is 289 g/mol. The van der Waals surface area contributed by atoms with E-state index >= 15 is 0 Å². The average Bonchev–Trinajstić information content (AvgIpc) is 2.38. The van der Waals surface area contributed by atoms with Crippen molar-refractivity contribution in [1.29, 1.82) is 0 Å². The van der Waals surface area contributed by atoms with E-state index in [0.29, 0.717) is 5.56 Å². The number of nitrogens with zero attached hydrogens (tertiary/aromatic N) is 1. The van der Waals surface area contributed by atoms with Crippen molar-refractivity contribution in [2.24, 2.45) is 0 Å². The molecule has 0 radical (unpaired) electrons. The summed E-state index contributed by atoms with van der Waals surface area (Å²) in [7, 11) is 0. The number of carbonyl (C=O) groups is 1. The summed E-state index contributed by atoms with van der Waals surface area (Å²) in [6.45, 7) is 1.68. The molecular formula is C14H11NO4S. The summed E-state index contributed by atoms with van der Waals surface area (Å²) in [5.74, 6) is -0.979. The monoisotopic (exact) mass is 289 g/mol. The highest BCUT2D eigenvalue weighted by atomic mass is 32.2. The predicted octanol–water partition coefficient (Wildman–Crippen LogP) is 3.75. The largest absolute Gasteiger partial charge is 0.478 e. The van der Waals surface area contributed by atoms with Gasteiger partial charge in [0.05, 0.1) is 10.5 Å². The van der Waals surface area contributed by atoms with Crippen molar-refractivity contribution in [1.82, 2.24) is 0 Å². The summed E-state index contributed by atoms with van der Waals surface area (Å²) in [5.41, 5.74) is 0.872. The lowest BCUT2D eigenvalue weighted by molar-refractivity contribution is -0.385. The lowest BCUT2D eigenvalue weighted by Crippen LogP contribution is -1.95. The van der Waals surface area contributed by atoms with E-state index in [-0.39, 0.29) is 11.3 Å². The van der Waals surface area contributed by atoms with Gasteiger partial charge in [-0.3, -0.25) is 10.1 Å². The van der Waals surface area contributed by atoms with Crippen molar-refractivity contribution in [3.05, 3.63) is 63.7 Å². The maximum absolute atomic E-state index is 10.9. The van der Waals surface area contributed by atoms with Crippen LogP contribution >= 0.6 is 11.8 Å². The Labute approximate surface area is 119 Å². The Morgan fingerprint density at radius 3 is 2.50 bits per heavy atom. The van der Waals surface area contributed by atoms with E-state index < -0.39 is 10.9 Å². The molecule has 0 aliphatic carbocycles. The number of aryl methyl sites for hydroxylation is 1. The first-order valence-electron chi connectivity index (χ1n) is 5.73. The Kier molecular flexibility index (Phi) is 4.05. The molecule has 2 aromatic rings. The Hall–Kier alpha value is -2.34. The fourth-order valence-corrected chi connectivity index (χ4v) is 2.70. The number of hydrogen-bond donors (Lipinski definition) is 1. The van der Waals surface area contributed by atoms with E-state index in [0.717, 1.165) is 9.79 Å². The number of carboxylic acids is 1. The Morgan fingerprint density at radius 2 is 1.90 bits per heavy atom. The molecule has 0 amide bonds. The zero-order valence-electron chi connectivity index (χ0n) is 10.6. The Morgan fingerprint density at radius 1 is 1.20 bits per heavy atom. The van der Waals surface area contributed by atoms with E-state index in [1.54, 1.807) is 37.3 Å². The molecule has 0 saturated carbocycles. The number of nitro benzene ring substituents is 1. The minimum Gasteiger partial charge on any atom is -0.478 e. The summed E-state index contributed by atoms with van der Waals surface area (Å²) in [5, 5.41) is 19.7. The maximum Gasteiger partial charge on any atom is 0.335 e. The van der Waals surface area contributed by atoms with Gasteiger partial charge in [-0.25, -0.2) is 4.79 Å². The van der Waals surface area contributed by atoms with Gasteiger partial charge in [-0.15, -0.1) is 0 Å². The van der Waals surface area contributed by atoms with Crippen molar-refractivity contribution in [2.45, 2.75) is 16.7 Å². The molecule has 0 aliphatic heterocycles. The van der Waals surface area contributed by atoms with E-state index in [9.17, 15) is 14.9 Å². The molecule has 0 aliphatic rings. The van der Waals surface area contributed by atoms with Gasteiger partial charge in [0.1, 0.15) is 0 Å². The van der Waals surface area contributed by atoms with E-state index in [4.69, 9.17) is 5.11 Å². The molecule has 102 valence electrons. The molecule has 1 N–H and O–H groups in total. The molecule has 6 heteroatoms. The molecular weight excluding hydrogens is 278 g/mol. The second kappa shape index (κ2) is 5.75. The molecule has 0 fully saturated rings. The fraction of sp³-hybridized carbons (Fsp3) is 0.0714. The van der Waals surface area contributed by atoms with Gasteiger partial charge in [0.25, 0.3) is 5.69 Å². The minimum absolute atomic E-state index is 0.0774. The first-order chi connectivity index (χ1) is 9.47. The van der Waals surface area contributed by atoms with Crippen molar-refractivity contribution in [3.8, 4) is 0 Å². The highest BCUT2D eigenvalue weighted by molar-refractivity contribution is 7.99. The van der Waals surface area contributed by atoms with E-state index in [1.807, 2.05) is 0 Å². The van der Waals surface area contributed by atoms with Gasteiger partial charge in [-0.2, -0.15) is 0 Å². The molecule has 2 rings (SSSR count). The van der Waals surface area contributed by atoms with Crippen LogP contribution in [0.25, 0.3) is 0 Å². The normalized spacial score (nSPS) is 10.2. The van der Waals surface area contributed by atoms with Crippen LogP contribution < -0.4 is 0 Å². The zero-order valence-corrected chi connectivity index (χ0v) is 11.4. The number of carboxylic acid groups (broad SMARTS) is 1. The third-order valence-corrected chi connectivity index (χ3v) is 3.66. The van der Waals surface area contributed by atoms with Crippen LogP contribution in [-0.2, 0) is 0 Å². The second-order valence-corrected chi connectivity index (χ2v) is 5.29. The summed E-state index contributed by atoms with van der Waals surface area (Å²) in [4.78, 5) is 22.8. The molecule has 2 aromatic carbocycles. The van der Waals surface area contributed by atoms with Crippen LogP contribution in [0.15, 0.2) is 52.3 Å². The Bertz CT molecular complexity index is 685. The molecule has 0 unspecified atom stereocenters. The smallest absolute Gasteiger partial charge is 0.335 e. The van der Waals surface area contributed by atoms with Crippen LogP contribution in [-0.4, -0.2) is 16.0 Å². The van der Waals surface area contributed by atoms with Crippen molar-refractivity contribution >= 4 is 23.4 Å². The number of aromatic carboxylic acids is 1. The third-order valence-electron chi connectivity index (χ3n) is 2.68. The summed E-state index contributed by atoms with van der Waals surface area (Å²) in [6.07, 6.45) is 0. The molecule has 0 saturated heterocycles. The molecule has 0 atom stereocenters. The fourth-order valence-electron chi connectivity index (χ4n) is 1.72. The first kappa shape index (κ1) is 14.1. The van der Waals surface area contributed by atoms with Crippen molar-refractivity contribution in [3.63, 3.8) is 0 Å². The SMILES string of the molecule is Cc1cc(Sc2cccc(C(=O)O)c2)ccc1[N+](=O)[O-]. The lowest BCUT2D eigenvalue weighted by atomic mass is 10.2. The molecule has 0 spiro atoms. The van der Waals surface area contributed by atoms with Crippen LogP contribution in [0.2, 0.25) is 0 Å². The highest BCUT2D eigenvalue weighted by Gasteiger charge is 2.11. The molecule has 0 heterocycles. The quantitative estimate of drug-likeness (QED) is 0.684. The number of rotatable bonds is 4. The van der Waals surface area contributed by atoms with Crippen LogP contribution in [0.3, 0.4) is 0 Å². The summed E-state index contributed by atoms with van der Waals surface area (Å²) < 4.78 is 0. The minimum atomic E-state index is -0.979. The predicted molar refractivity (Wildman–Crippen MR) is 75.4 cm³/mol. The van der Waals surface area contributed by atoms with Crippen LogP contribution in [0, 0.1) is 17.0 Å². The first-order valence-corrected chi connectivity index (χ1v) is 6.55. The number of hydrogen-bond acceptors (Lipinski definition) is 4. The summed E-state index contributed by atoms with van der Waals surface area (Å²) >= 11 is 1.37. The highest BCUT2D eigenvalue weighted by Crippen LogP contribution is 2.31. The van der Waals surface area contributed by atoms with Gasteiger partial charge in [-0.05, 0) is 37.3 Å². The Balaban J connectivity index is 2.26. The molecule has 5 nitrogen and oxygen atoms in total. The number of benzene rings is 2. The molecule has 0 aromatic heterocycles. The topological polar surface area (TPSA) is 80.4 Å². The van der Waals surface area contributed by atoms with E-state index in [2.05, 4.69) is 0 Å². The standard InChI is InChI=1S/C14H11NO4S/c1-9-7-12(5-6-13(9)15(18)19)20-11-4-2-3-10(8-11)14(16)17/h2-8H,1H3,(H,16,17). The van der Waals surface area contributed by atoms with Crippen molar-refractivity contribution < 1.29 is 14.8 Å². The van der Waals surface area contributed by atoms with Gasteiger partial charge >= 0.3 is 5.97 Å². The molecule has 20 heavy (non-hydrogen) atoms. The zero-order chi connectivity index (χ0) is 14.7. The number of nitro groups is 1. The van der Waals surface area contributed by atoms with Gasteiger partial charge in [-0.1, -0.05) is 17.8 Å². The van der Waals surface area contributed by atoms with Crippen LogP contribution in [0.5, 0.6) is 0 Å². The lowest BCUT2D eigenvalue weighted by Gasteiger charge is -2.04. The van der Waals surface area contributed by atoms with Gasteiger partial charge in [0, 0.05) is 21.4 Å². The maximum atomic E-state index is 10.9. The van der Waals surface area contributed by atoms with Gasteiger partial charge in [0.2, 0.25) is 0 Å².